The summed E-state index contributed by atoms with van der Waals surface area (Å²) in [6, 6.07) is 23.2. The highest BCUT2D eigenvalue weighted by atomic mass is 16.5. The second kappa shape index (κ2) is 11.2. The summed E-state index contributed by atoms with van der Waals surface area (Å²) in [4.78, 5) is 12.4. The van der Waals surface area contributed by atoms with Crippen LogP contribution in [0.2, 0.25) is 0 Å². The summed E-state index contributed by atoms with van der Waals surface area (Å²) < 4.78 is 10.5. The van der Waals surface area contributed by atoms with Gasteiger partial charge in [-0.05, 0) is 65.9 Å². The minimum Gasteiger partial charge on any atom is -0.497 e. The molecule has 0 saturated heterocycles. The normalized spacial score (nSPS) is 10.6. The largest absolute Gasteiger partial charge is 0.497 e. The van der Waals surface area contributed by atoms with Gasteiger partial charge in [0.2, 0.25) is 0 Å². The number of carbonyl (C=O) groups excluding carboxylic acids is 1. The maximum atomic E-state index is 12.4. The number of unbranched alkanes of at least 4 members (excludes halogenated alkanes) is 4. The van der Waals surface area contributed by atoms with E-state index in [0.29, 0.717) is 11.3 Å². The number of benzene rings is 3. The Kier molecular flexibility index (Phi) is 8.08. The average molecular weight is 403 g/mol. The number of carbonyl (C=O) groups is 1. The van der Waals surface area contributed by atoms with Gasteiger partial charge in [0.15, 0.2) is 0 Å². The molecular weight excluding hydrogens is 372 g/mol. The number of ether oxygens (including phenoxy) is 2. The predicted octanol–water partition coefficient (Wildman–Crippen LogP) is 7.09. The smallest absolute Gasteiger partial charge is 0.343 e. The summed E-state index contributed by atoms with van der Waals surface area (Å²) in [5.41, 5.74) is 4.15. The van der Waals surface area contributed by atoms with E-state index >= 15 is 0 Å². The van der Waals surface area contributed by atoms with E-state index in [4.69, 9.17) is 9.47 Å². The molecule has 0 aliphatic rings. The molecule has 0 heterocycles. The number of hydrogen-bond donors (Lipinski definition) is 0. The van der Waals surface area contributed by atoms with Crippen LogP contribution in [0.4, 0.5) is 0 Å². The fraction of sp³-hybridized carbons (Fsp3) is 0.296. The molecule has 0 unspecified atom stereocenters. The Morgan fingerprint density at radius 1 is 0.700 bits per heavy atom. The first-order chi connectivity index (χ1) is 14.7. The number of aryl methyl sites for hydroxylation is 1. The van der Waals surface area contributed by atoms with Gasteiger partial charge in [0, 0.05) is 0 Å². The highest BCUT2D eigenvalue weighted by Crippen LogP contribution is 2.23. The second-order valence-electron chi connectivity index (χ2n) is 7.50. The predicted molar refractivity (Wildman–Crippen MR) is 122 cm³/mol. The van der Waals surface area contributed by atoms with Crippen LogP contribution in [0.3, 0.4) is 0 Å². The van der Waals surface area contributed by atoms with Crippen LogP contribution in [0.5, 0.6) is 11.5 Å². The summed E-state index contributed by atoms with van der Waals surface area (Å²) in [6.45, 7) is 2.25. The molecule has 0 spiro atoms. The highest BCUT2D eigenvalue weighted by Gasteiger charge is 2.09. The Morgan fingerprint density at radius 2 is 1.27 bits per heavy atom. The van der Waals surface area contributed by atoms with Gasteiger partial charge in [-0.25, -0.2) is 4.79 Å². The maximum absolute atomic E-state index is 12.4. The van der Waals surface area contributed by atoms with Crippen LogP contribution < -0.4 is 9.47 Å². The quantitative estimate of drug-likeness (QED) is 0.206. The van der Waals surface area contributed by atoms with E-state index in [1.54, 1.807) is 31.4 Å². The third-order valence-corrected chi connectivity index (χ3v) is 5.25. The number of hydrogen-bond acceptors (Lipinski definition) is 3. The van der Waals surface area contributed by atoms with E-state index in [0.717, 1.165) is 23.3 Å². The fourth-order valence-corrected chi connectivity index (χ4v) is 3.41. The molecule has 0 aromatic heterocycles. The molecule has 0 amide bonds. The molecule has 0 aliphatic carbocycles. The lowest BCUT2D eigenvalue weighted by Gasteiger charge is -2.07. The van der Waals surface area contributed by atoms with Gasteiger partial charge in [-0.15, -0.1) is 0 Å². The van der Waals surface area contributed by atoms with Gasteiger partial charge >= 0.3 is 5.97 Å². The number of rotatable bonds is 10. The van der Waals surface area contributed by atoms with Crippen molar-refractivity contribution in [1.29, 1.82) is 0 Å². The molecule has 156 valence electrons. The topological polar surface area (TPSA) is 35.5 Å². The lowest BCUT2D eigenvalue weighted by molar-refractivity contribution is 0.0734. The van der Waals surface area contributed by atoms with Gasteiger partial charge in [-0.1, -0.05) is 69.0 Å². The Balaban J connectivity index is 1.56. The third kappa shape index (κ3) is 6.21. The van der Waals surface area contributed by atoms with Gasteiger partial charge in [-0.2, -0.15) is 0 Å². The Hall–Kier alpha value is -3.07. The molecule has 0 atom stereocenters. The molecule has 3 rings (SSSR count). The van der Waals surface area contributed by atoms with E-state index in [1.807, 2.05) is 24.3 Å². The molecule has 30 heavy (non-hydrogen) atoms. The van der Waals surface area contributed by atoms with Crippen LogP contribution in [0.25, 0.3) is 11.1 Å². The molecule has 0 N–H and O–H groups in total. The van der Waals surface area contributed by atoms with Crippen LogP contribution in [0, 0.1) is 0 Å². The van der Waals surface area contributed by atoms with Crippen molar-refractivity contribution >= 4 is 5.97 Å². The first-order valence-electron chi connectivity index (χ1n) is 10.7. The van der Waals surface area contributed by atoms with Crippen LogP contribution in [-0.4, -0.2) is 13.1 Å². The van der Waals surface area contributed by atoms with E-state index in [-0.39, 0.29) is 5.97 Å². The summed E-state index contributed by atoms with van der Waals surface area (Å²) in [5.74, 6) is 0.849. The molecule has 3 heteroatoms. The highest BCUT2D eigenvalue weighted by molar-refractivity contribution is 5.91. The van der Waals surface area contributed by atoms with Crippen molar-refractivity contribution in [2.45, 2.75) is 45.4 Å². The zero-order valence-corrected chi connectivity index (χ0v) is 17.9. The number of methoxy groups -OCH3 is 1. The minimum absolute atomic E-state index is 0.370. The molecule has 0 aliphatic heterocycles. The molecule has 0 saturated carbocycles. The van der Waals surface area contributed by atoms with E-state index in [1.165, 1.54) is 37.7 Å². The Bertz CT molecular complexity index is 910. The minimum atomic E-state index is -0.370. The molecular formula is C27H30O3. The second-order valence-corrected chi connectivity index (χ2v) is 7.50. The lowest BCUT2D eigenvalue weighted by atomic mass is 10.00. The average Bonchev–Trinajstić information content (AvgIpc) is 2.80. The monoisotopic (exact) mass is 402 g/mol. The summed E-state index contributed by atoms with van der Waals surface area (Å²) in [5, 5.41) is 0. The first-order valence-corrected chi connectivity index (χ1v) is 10.7. The molecule has 0 radical (unpaired) electrons. The molecule has 0 bridgehead atoms. The Labute approximate surface area is 179 Å². The summed E-state index contributed by atoms with van der Waals surface area (Å²) >= 11 is 0. The van der Waals surface area contributed by atoms with Crippen molar-refractivity contribution in [3.8, 4) is 22.6 Å². The van der Waals surface area contributed by atoms with Crippen molar-refractivity contribution in [3.05, 3.63) is 83.9 Å². The summed E-state index contributed by atoms with van der Waals surface area (Å²) in [7, 11) is 1.60. The lowest BCUT2D eigenvalue weighted by Crippen LogP contribution is -2.08. The summed E-state index contributed by atoms with van der Waals surface area (Å²) in [6.07, 6.45) is 7.66. The van der Waals surface area contributed by atoms with Crippen LogP contribution >= 0.6 is 0 Å². The first kappa shape index (κ1) is 21.6. The standard InChI is InChI=1S/C27H30O3/c1-3-4-5-6-7-8-21-9-11-22(12-10-21)23-13-15-24(16-14-23)27(28)30-26-19-17-25(29-2)18-20-26/h9-20H,3-8H2,1-2H3. The van der Waals surface area contributed by atoms with Crippen molar-refractivity contribution < 1.29 is 14.3 Å². The molecule has 3 aromatic carbocycles. The van der Waals surface area contributed by atoms with Crippen LogP contribution in [-0.2, 0) is 6.42 Å². The van der Waals surface area contributed by atoms with E-state index in [2.05, 4.69) is 31.2 Å². The van der Waals surface area contributed by atoms with Gasteiger partial charge in [-0.3, -0.25) is 0 Å². The van der Waals surface area contributed by atoms with E-state index in [9.17, 15) is 4.79 Å². The number of esters is 1. The zero-order valence-electron chi connectivity index (χ0n) is 17.9. The molecule has 3 aromatic rings. The fourth-order valence-electron chi connectivity index (χ4n) is 3.41. The Morgan fingerprint density at radius 3 is 1.87 bits per heavy atom. The molecule has 0 fully saturated rings. The van der Waals surface area contributed by atoms with Crippen molar-refractivity contribution in [2.75, 3.05) is 7.11 Å². The zero-order chi connectivity index (χ0) is 21.2. The third-order valence-electron chi connectivity index (χ3n) is 5.25. The van der Waals surface area contributed by atoms with Gasteiger partial charge in [0.1, 0.15) is 11.5 Å². The molecule has 3 nitrogen and oxygen atoms in total. The SMILES string of the molecule is CCCCCCCc1ccc(-c2ccc(C(=O)Oc3ccc(OC)cc3)cc2)cc1. The van der Waals surface area contributed by atoms with Crippen LogP contribution in [0.1, 0.15) is 54.9 Å². The van der Waals surface area contributed by atoms with Gasteiger partial charge < -0.3 is 9.47 Å². The van der Waals surface area contributed by atoms with Crippen molar-refractivity contribution in [1.82, 2.24) is 0 Å². The van der Waals surface area contributed by atoms with Crippen LogP contribution in [0.15, 0.2) is 72.8 Å². The van der Waals surface area contributed by atoms with Gasteiger partial charge in [0.25, 0.3) is 0 Å². The maximum Gasteiger partial charge on any atom is 0.343 e. The van der Waals surface area contributed by atoms with E-state index < -0.39 is 0 Å². The van der Waals surface area contributed by atoms with Crippen molar-refractivity contribution in [3.63, 3.8) is 0 Å². The van der Waals surface area contributed by atoms with Gasteiger partial charge in [0.05, 0.1) is 12.7 Å². The van der Waals surface area contributed by atoms with Crippen molar-refractivity contribution in [2.24, 2.45) is 0 Å².